The quantitative estimate of drug-likeness (QED) is 0.207. The lowest BCUT2D eigenvalue weighted by molar-refractivity contribution is -0.116. The standard InChI is InChI=1S/C33H35NO2S/c1-4-12-28-22-27(18-19-30(28)36-5-2)24(3)17-20-32(35)34-33-23-29(26-15-10-7-11-16-26)31(37-33)21-25-13-8-6-9-14-25/h6-11,13-16,18-19,22-23H,3-5,12,17,20-21H2,1-2H3,(H,34,35). The van der Waals surface area contributed by atoms with Crippen LogP contribution in [0.3, 0.4) is 0 Å². The van der Waals surface area contributed by atoms with Crippen molar-refractivity contribution >= 4 is 27.8 Å². The van der Waals surface area contributed by atoms with Gasteiger partial charge in [0.2, 0.25) is 5.91 Å². The molecule has 0 aliphatic carbocycles. The van der Waals surface area contributed by atoms with E-state index in [0.29, 0.717) is 19.4 Å². The highest BCUT2D eigenvalue weighted by Crippen LogP contribution is 2.36. The second-order valence-electron chi connectivity index (χ2n) is 9.13. The van der Waals surface area contributed by atoms with Gasteiger partial charge in [0, 0.05) is 17.7 Å². The Balaban J connectivity index is 1.43. The molecule has 37 heavy (non-hydrogen) atoms. The Bertz CT molecular complexity index is 1330. The molecule has 1 N–H and O–H groups in total. The zero-order valence-corrected chi connectivity index (χ0v) is 22.6. The van der Waals surface area contributed by atoms with E-state index in [0.717, 1.165) is 46.7 Å². The Kier molecular flexibility index (Phi) is 9.34. The number of anilines is 1. The molecule has 1 amide bonds. The first-order valence-electron chi connectivity index (χ1n) is 13.0. The highest BCUT2D eigenvalue weighted by molar-refractivity contribution is 7.16. The second kappa shape index (κ2) is 13.1. The monoisotopic (exact) mass is 509 g/mol. The van der Waals surface area contributed by atoms with Crippen molar-refractivity contribution in [2.24, 2.45) is 0 Å². The van der Waals surface area contributed by atoms with Crippen LogP contribution in [0.15, 0.2) is 91.5 Å². The van der Waals surface area contributed by atoms with Gasteiger partial charge in [-0.25, -0.2) is 0 Å². The summed E-state index contributed by atoms with van der Waals surface area (Å²) in [6, 6.07) is 29.2. The predicted molar refractivity (Wildman–Crippen MR) is 158 cm³/mol. The summed E-state index contributed by atoms with van der Waals surface area (Å²) >= 11 is 1.65. The molecular formula is C33H35NO2S. The van der Waals surface area contributed by atoms with E-state index >= 15 is 0 Å². The number of nitrogens with one attached hydrogen (secondary N) is 1. The molecule has 0 spiro atoms. The number of allylic oxidation sites excluding steroid dienone is 1. The van der Waals surface area contributed by atoms with Gasteiger partial charge in [-0.15, -0.1) is 11.3 Å². The smallest absolute Gasteiger partial charge is 0.225 e. The molecule has 0 bridgehead atoms. The van der Waals surface area contributed by atoms with Crippen LogP contribution >= 0.6 is 11.3 Å². The summed E-state index contributed by atoms with van der Waals surface area (Å²) < 4.78 is 5.78. The first kappa shape index (κ1) is 26.4. The van der Waals surface area contributed by atoms with E-state index in [2.05, 4.69) is 79.5 Å². The van der Waals surface area contributed by atoms with Crippen LogP contribution in [-0.4, -0.2) is 12.5 Å². The lowest BCUT2D eigenvalue weighted by Gasteiger charge is -2.13. The van der Waals surface area contributed by atoms with Gasteiger partial charge in [0.05, 0.1) is 11.6 Å². The molecule has 190 valence electrons. The van der Waals surface area contributed by atoms with E-state index in [1.807, 2.05) is 31.2 Å². The number of hydrogen-bond donors (Lipinski definition) is 1. The summed E-state index contributed by atoms with van der Waals surface area (Å²) in [5, 5.41) is 4.02. The molecule has 0 aliphatic heterocycles. The molecule has 4 heteroatoms. The number of carbonyl (C=O) groups excluding carboxylic acids is 1. The summed E-state index contributed by atoms with van der Waals surface area (Å²) in [5.41, 5.74) is 6.84. The van der Waals surface area contributed by atoms with Crippen molar-refractivity contribution < 1.29 is 9.53 Å². The van der Waals surface area contributed by atoms with Crippen LogP contribution in [-0.2, 0) is 17.6 Å². The number of benzene rings is 3. The topological polar surface area (TPSA) is 38.3 Å². The van der Waals surface area contributed by atoms with Gasteiger partial charge in [-0.2, -0.15) is 0 Å². The Morgan fingerprint density at radius 2 is 1.65 bits per heavy atom. The van der Waals surface area contributed by atoms with E-state index in [1.165, 1.54) is 21.6 Å². The van der Waals surface area contributed by atoms with Gasteiger partial charge in [-0.05, 0) is 71.4 Å². The summed E-state index contributed by atoms with van der Waals surface area (Å²) in [5.74, 6) is 0.949. The zero-order chi connectivity index (χ0) is 26.0. The van der Waals surface area contributed by atoms with Gasteiger partial charge in [-0.1, -0.05) is 86.7 Å². The van der Waals surface area contributed by atoms with E-state index in [1.54, 1.807) is 11.3 Å². The molecule has 4 rings (SSSR count). The van der Waals surface area contributed by atoms with Crippen molar-refractivity contribution in [2.75, 3.05) is 11.9 Å². The maximum Gasteiger partial charge on any atom is 0.225 e. The third kappa shape index (κ3) is 7.21. The number of carbonyl (C=O) groups is 1. The molecule has 0 saturated heterocycles. The van der Waals surface area contributed by atoms with Gasteiger partial charge in [0.15, 0.2) is 0 Å². The van der Waals surface area contributed by atoms with Crippen LogP contribution in [0.2, 0.25) is 0 Å². The Hall–Kier alpha value is -3.63. The molecule has 0 atom stereocenters. The average molecular weight is 510 g/mol. The van der Waals surface area contributed by atoms with Crippen molar-refractivity contribution in [3.05, 3.63) is 113 Å². The molecule has 0 fully saturated rings. The summed E-state index contributed by atoms with van der Waals surface area (Å²) in [4.78, 5) is 14.2. The summed E-state index contributed by atoms with van der Waals surface area (Å²) in [6.45, 7) is 9.09. The first-order valence-corrected chi connectivity index (χ1v) is 13.8. The van der Waals surface area contributed by atoms with Crippen molar-refractivity contribution in [1.29, 1.82) is 0 Å². The Morgan fingerprint density at radius 1 is 0.919 bits per heavy atom. The molecule has 1 heterocycles. The van der Waals surface area contributed by atoms with Crippen molar-refractivity contribution in [3.8, 4) is 16.9 Å². The number of rotatable bonds is 12. The van der Waals surface area contributed by atoms with Crippen molar-refractivity contribution in [3.63, 3.8) is 0 Å². The van der Waals surface area contributed by atoms with E-state index in [4.69, 9.17) is 4.74 Å². The number of hydrogen-bond acceptors (Lipinski definition) is 3. The highest BCUT2D eigenvalue weighted by Gasteiger charge is 2.14. The lowest BCUT2D eigenvalue weighted by atomic mass is 9.98. The number of ether oxygens (including phenoxy) is 1. The minimum absolute atomic E-state index is 0.00740. The second-order valence-corrected chi connectivity index (χ2v) is 10.3. The van der Waals surface area contributed by atoms with Crippen LogP contribution in [0.25, 0.3) is 16.7 Å². The fourth-order valence-electron chi connectivity index (χ4n) is 4.43. The Labute approximate surface area is 224 Å². The summed E-state index contributed by atoms with van der Waals surface area (Å²) in [7, 11) is 0. The third-order valence-electron chi connectivity index (χ3n) is 6.31. The van der Waals surface area contributed by atoms with E-state index < -0.39 is 0 Å². The number of aryl methyl sites for hydroxylation is 1. The molecule has 3 nitrogen and oxygen atoms in total. The fraction of sp³-hybridized carbons (Fsp3) is 0.242. The van der Waals surface area contributed by atoms with Gasteiger partial charge in [0.1, 0.15) is 5.75 Å². The molecule has 3 aromatic carbocycles. The van der Waals surface area contributed by atoms with Crippen LogP contribution in [0.5, 0.6) is 5.75 Å². The van der Waals surface area contributed by atoms with Crippen molar-refractivity contribution in [2.45, 2.75) is 46.0 Å². The molecule has 0 unspecified atom stereocenters. The minimum Gasteiger partial charge on any atom is -0.494 e. The number of amides is 1. The van der Waals surface area contributed by atoms with Crippen LogP contribution < -0.4 is 10.1 Å². The van der Waals surface area contributed by atoms with Crippen LogP contribution in [0, 0.1) is 0 Å². The predicted octanol–water partition coefficient (Wildman–Crippen LogP) is 8.79. The molecule has 0 aliphatic rings. The Morgan fingerprint density at radius 3 is 2.35 bits per heavy atom. The van der Waals surface area contributed by atoms with Crippen molar-refractivity contribution in [1.82, 2.24) is 0 Å². The third-order valence-corrected chi connectivity index (χ3v) is 7.36. The molecule has 4 aromatic rings. The lowest BCUT2D eigenvalue weighted by Crippen LogP contribution is -2.10. The molecular weight excluding hydrogens is 474 g/mol. The van der Waals surface area contributed by atoms with E-state index in [-0.39, 0.29) is 5.91 Å². The maximum absolute atomic E-state index is 12.9. The largest absolute Gasteiger partial charge is 0.494 e. The summed E-state index contributed by atoms with van der Waals surface area (Å²) in [6.07, 6.45) is 3.85. The van der Waals surface area contributed by atoms with Crippen LogP contribution in [0.4, 0.5) is 5.00 Å². The SMILES string of the molecule is C=C(CCC(=O)Nc1cc(-c2ccccc2)c(Cc2ccccc2)s1)c1ccc(OCC)c(CCC)c1. The number of thiophene rings is 1. The van der Waals surface area contributed by atoms with Gasteiger partial charge >= 0.3 is 0 Å². The fourth-order valence-corrected chi connectivity index (χ4v) is 5.57. The maximum atomic E-state index is 12.9. The van der Waals surface area contributed by atoms with E-state index in [9.17, 15) is 4.79 Å². The highest BCUT2D eigenvalue weighted by atomic mass is 32.1. The van der Waals surface area contributed by atoms with Gasteiger partial charge in [-0.3, -0.25) is 4.79 Å². The normalized spacial score (nSPS) is 10.8. The average Bonchev–Trinajstić information content (AvgIpc) is 3.31. The molecule has 0 saturated carbocycles. The van der Waals surface area contributed by atoms with Gasteiger partial charge in [0.25, 0.3) is 0 Å². The van der Waals surface area contributed by atoms with Crippen LogP contribution in [0.1, 0.15) is 54.7 Å². The molecule has 1 aromatic heterocycles. The zero-order valence-electron chi connectivity index (χ0n) is 21.8. The minimum atomic E-state index is 0.00740. The molecule has 0 radical (unpaired) electrons. The first-order chi connectivity index (χ1) is 18.1. The van der Waals surface area contributed by atoms with Gasteiger partial charge < -0.3 is 10.1 Å².